The molecule has 20 heavy (non-hydrogen) atoms. The molecule has 0 aliphatic carbocycles. The van der Waals surface area contributed by atoms with Crippen LogP contribution in [-0.4, -0.2) is 24.7 Å². The Balaban J connectivity index is 1.39. The minimum atomic E-state index is 0.837. The molecule has 1 aromatic heterocycles. The molecule has 106 valence electrons. The first-order chi connectivity index (χ1) is 9.81. The Labute approximate surface area is 124 Å². The van der Waals surface area contributed by atoms with Crippen molar-refractivity contribution in [1.82, 2.24) is 10.3 Å². The number of hydrogen-bond donors (Lipinski definition) is 1. The predicted molar refractivity (Wildman–Crippen MR) is 82.8 cm³/mol. The van der Waals surface area contributed by atoms with E-state index in [1.807, 2.05) is 0 Å². The van der Waals surface area contributed by atoms with Crippen LogP contribution in [0.5, 0.6) is 5.75 Å². The van der Waals surface area contributed by atoms with Gasteiger partial charge in [-0.25, -0.2) is 4.98 Å². The van der Waals surface area contributed by atoms with Crippen molar-refractivity contribution in [2.45, 2.75) is 26.2 Å². The van der Waals surface area contributed by atoms with E-state index in [2.05, 4.69) is 40.8 Å². The molecule has 1 N–H and O–H groups in total. The van der Waals surface area contributed by atoms with E-state index in [-0.39, 0.29) is 0 Å². The molecule has 2 heterocycles. The van der Waals surface area contributed by atoms with Gasteiger partial charge in [0.15, 0.2) is 0 Å². The highest BCUT2D eigenvalue weighted by atomic mass is 32.1. The van der Waals surface area contributed by atoms with Crippen LogP contribution < -0.4 is 10.1 Å². The second-order valence-electron chi connectivity index (χ2n) is 5.15. The summed E-state index contributed by atoms with van der Waals surface area (Å²) in [4.78, 5) is 4.47. The second-order valence-corrected chi connectivity index (χ2v) is 6.21. The third kappa shape index (κ3) is 3.38. The molecule has 0 bridgehead atoms. The third-order valence-corrected chi connectivity index (χ3v) is 4.39. The Hall–Kier alpha value is -1.39. The SMILES string of the molecule is Cc1nc(CCNCCc2ccc3c(c2)CCO3)cs1. The van der Waals surface area contributed by atoms with Crippen molar-refractivity contribution in [3.8, 4) is 5.75 Å². The fourth-order valence-corrected chi connectivity index (χ4v) is 3.14. The average Bonchev–Trinajstić information content (AvgIpc) is 3.06. The number of hydrogen-bond acceptors (Lipinski definition) is 4. The van der Waals surface area contributed by atoms with Crippen LogP contribution in [0.4, 0.5) is 0 Å². The molecule has 0 saturated heterocycles. The highest BCUT2D eigenvalue weighted by Gasteiger charge is 2.11. The van der Waals surface area contributed by atoms with Crippen molar-refractivity contribution in [1.29, 1.82) is 0 Å². The van der Waals surface area contributed by atoms with Crippen LogP contribution in [0.2, 0.25) is 0 Å². The van der Waals surface area contributed by atoms with Crippen LogP contribution in [-0.2, 0) is 19.3 Å². The summed E-state index contributed by atoms with van der Waals surface area (Å²) in [6.45, 7) is 4.91. The number of rotatable bonds is 6. The van der Waals surface area contributed by atoms with Gasteiger partial charge in [0.25, 0.3) is 0 Å². The fourth-order valence-electron chi connectivity index (χ4n) is 2.49. The summed E-state index contributed by atoms with van der Waals surface area (Å²) in [5.41, 5.74) is 3.96. The van der Waals surface area contributed by atoms with E-state index >= 15 is 0 Å². The van der Waals surface area contributed by atoms with Gasteiger partial charge in [-0.05, 0) is 37.1 Å². The molecule has 0 spiro atoms. The summed E-state index contributed by atoms with van der Waals surface area (Å²) in [6, 6.07) is 6.57. The van der Waals surface area contributed by atoms with Crippen LogP contribution in [0.15, 0.2) is 23.6 Å². The monoisotopic (exact) mass is 288 g/mol. The van der Waals surface area contributed by atoms with Gasteiger partial charge in [-0.1, -0.05) is 12.1 Å². The highest BCUT2D eigenvalue weighted by Crippen LogP contribution is 2.25. The summed E-state index contributed by atoms with van der Waals surface area (Å²) in [5.74, 6) is 1.07. The largest absolute Gasteiger partial charge is 0.493 e. The van der Waals surface area contributed by atoms with Crippen molar-refractivity contribution < 1.29 is 4.74 Å². The first kappa shape index (κ1) is 13.6. The lowest BCUT2D eigenvalue weighted by molar-refractivity contribution is 0.357. The van der Waals surface area contributed by atoms with Crippen molar-refractivity contribution in [3.05, 3.63) is 45.4 Å². The molecule has 1 aliphatic heterocycles. The van der Waals surface area contributed by atoms with E-state index in [1.165, 1.54) is 16.8 Å². The summed E-state index contributed by atoms with van der Waals surface area (Å²) in [6.07, 6.45) is 3.14. The average molecular weight is 288 g/mol. The van der Waals surface area contributed by atoms with Crippen LogP contribution >= 0.6 is 11.3 Å². The second kappa shape index (κ2) is 6.37. The van der Waals surface area contributed by atoms with E-state index in [4.69, 9.17) is 4.74 Å². The molecule has 4 heteroatoms. The molecule has 2 aromatic rings. The van der Waals surface area contributed by atoms with E-state index in [0.29, 0.717) is 0 Å². The van der Waals surface area contributed by atoms with Crippen molar-refractivity contribution in [2.75, 3.05) is 19.7 Å². The van der Waals surface area contributed by atoms with Gasteiger partial charge in [-0.15, -0.1) is 11.3 Å². The summed E-state index contributed by atoms with van der Waals surface area (Å²) >= 11 is 1.73. The number of thiazole rings is 1. The first-order valence-corrected chi connectivity index (χ1v) is 8.05. The molecule has 0 atom stereocenters. The first-order valence-electron chi connectivity index (χ1n) is 7.17. The minimum Gasteiger partial charge on any atom is -0.493 e. The Morgan fingerprint density at radius 2 is 2.20 bits per heavy atom. The minimum absolute atomic E-state index is 0.837. The van der Waals surface area contributed by atoms with Crippen LogP contribution in [0, 0.1) is 6.92 Å². The van der Waals surface area contributed by atoms with Crippen molar-refractivity contribution in [3.63, 3.8) is 0 Å². The van der Waals surface area contributed by atoms with Gasteiger partial charge in [0.05, 0.1) is 17.3 Å². The quantitative estimate of drug-likeness (QED) is 0.830. The van der Waals surface area contributed by atoms with Crippen LogP contribution in [0.1, 0.15) is 21.8 Å². The number of aryl methyl sites for hydroxylation is 1. The van der Waals surface area contributed by atoms with Gasteiger partial charge >= 0.3 is 0 Å². The Morgan fingerprint density at radius 3 is 3.05 bits per heavy atom. The summed E-state index contributed by atoms with van der Waals surface area (Å²) in [7, 11) is 0. The zero-order valence-electron chi connectivity index (χ0n) is 11.8. The van der Waals surface area contributed by atoms with Gasteiger partial charge in [-0.3, -0.25) is 0 Å². The number of fused-ring (bicyclic) bond motifs is 1. The predicted octanol–water partition coefficient (Wildman–Crippen LogP) is 2.76. The van der Waals surface area contributed by atoms with E-state index < -0.39 is 0 Å². The van der Waals surface area contributed by atoms with Gasteiger partial charge in [0, 0.05) is 24.8 Å². The molecule has 1 aromatic carbocycles. The maximum atomic E-state index is 5.53. The lowest BCUT2D eigenvalue weighted by Gasteiger charge is -2.06. The van der Waals surface area contributed by atoms with Crippen molar-refractivity contribution in [2.24, 2.45) is 0 Å². The molecule has 0 radical (unpaired) electrons. The summed E-state index contributed by atoms with van der Waals surface area (Å²) in [5, 5.41) is 6.80. The lowest BCUT2D eigenvalue weighted by atomic mass is 10.1. The molecule has 0 amide bonds. The zero-order valence-corrected chi connectivity index (χ0v) is 12.6. The number of aromatic nitrogens is 1. The maximum Gasteiger partial charge on any atom is 0.122 e. The normalized spacial score (nSPS) is 13.2. The van der Waals surface area contributed by atoms with Gasteiger partial charge < -0.3 is 10.1 Å². The van der Waals surface area contributed by atoms with Gasteiger partial charge in [0.1, 0.15) is 5.75 Å². The smallest absolute Gasteiger partial charge is 0.122 e. The number of nitrogens with one attached hydrogen (secondary N) is 1. The fraction of sp³-hybridized carbons (Fsp3) is 0.438. The topological polar surface area (TPSA) is 34.2 Å². The Kier molecular flexibility index (Phi) is 4.33. The third-order valence-electron chi connectivity index (χ3n) is 3.57. The van der Waals surface area contributed by atoms with Gasteiger partial charge in [-0.2, -0.15) is 0 Å². The molecule has 0 saturated carbocycles. The zero-order chi connectivity index (χ0) is 13.8. The molecule has 3 nitrogen and oxygen atoms in total. The maximum absolute atomic E-state index is 5.53. The summed E-state index contributed by atoms with van der Waals surface area (Å²) < 4.78 is 5.53. The van der Waals surface area contributed by atoms with Crippen molar-refractivity contribution >= 4 is 11.3 Å². The van der Waals surface area contributed by atoms with Crippen LogP contribution in [0.3, 0.4) is 0 Å². The molecule has 1 aliphatic rings. The molecular formula is C16H20N2OS. The van der Waals surface area contributed by atoms with E-state index in [9.17, 15) is 0 Å². The molecule has 0 fully saturated rings. The highest BCUT2D eigenvalue weighted by molar-refractivity contribution is 7.09. The molecule has 3 rings (SSSR count). The Morgan fingerprint density at radius 1 is 1.30 bits per heavy atom. The number of benzene rings is 1. The van der Waals surface area contributed by atoms with Gasteiger partial charge in [0.2, 0.25) is 0 Å². The lowest BCUT2D eigenvalue weighted by Crippen LogP contribution is -2.20. The molecule has 0 unspecified atom stereocenters. The molecular weight excluding hydrogens is 268 g/mol. The Bertz CT molecular complexity index is 580. The number of nitrogens with zero attached hydrogens (tertiary/aromatic N) is 1. The number of ether oxygens (including phenoxy) is 1. The van der Waals surface area contributed by atoms with E-state index in [1.54, 1.807) is 11.3 Å². The van der Waals surface area contributed by atoms with E-state index in [0.717, 1.165) is 49.7 Å². The standard InChI is InChI=1S/C16H20N2OS/c1-12-18-15(11-20-12)5-8-17-7-4-13-2-3-16-14(10-13)6-9-19-16/h2-3,10-11,17H,4-9H2,1H3. The van der Waals surface area contributed by atoms with Crippen LogP contribution in [0.25, 0.3) is 0 Å².